The van der Waals surface area contributed by atoms with Crippen molar-refractivity contribution < 1.29 is 5.11 Å². The highest BCUT2D eigenvalue weighted by Crippen LogP contribution is 2.44. The number of allylic oxidation sites excluding steroid dienone is 1. The Bertz CT molecular complexity index is 240. The van der Waals surface area contributed by atoms with E-state index in [0.29, 0.717) is 5.92 Å². The van der Waals surface area contributed by atoms with Crippen LogP contribution in [0.1, 0.15) is 33.6 Å². The lowest BCUT2D eigenvalue weighted by Crippen LogP contribution is -2.43. The molecular formula is C13H22O. The molecule has 3 atom stereocenters. The van der Waals surface area contributed by atoms with Gasteiger partial charge in [-0.15, -0.1) is 6.58 Å². The van der Waals surface area contributed by atoms with Crippen LogP contribution in [-0.4, -0.2) is 11.2 Å². The predicted octanol–water partition coefficient (Wildman–Crippen LogP) is 3.16. The Morgan fingerprint density at radius 1 is 1.50 bits per heavy atom. The van der Waals surface area contributed by atoms with Crippen molar-refractivity contribution in [3.8, 4) is 0 Å². The van der Waals surface area contributed by atoms with Gasteiger partial charge in [-0.25, -0.2) is 0 Å². The summed E-state index contributed by atoms with van der Waals surface area (Å²) in [5, 5.41) is 10.2. The van der Waals surface area contributed by atoms with Crippen LogP contribution in [0, 0.1) is 17.3 Å². The summed E-state index contributed by atoms with van der Waals surface area (Å²) in [7, 11) is 0. The summed E-state index contributed by atoms with van der Waals surface area (Å²) in [6.07, 6.45) is 3.80. The molecular weight excluding hydrogens is 172 g/mol. The first-order valence-electron chi connectivity index (χ1n) is 5.36. The third-order valence-corrected chi connectivity index (χ3v) is 3.63. The summed E-state index contributed by atoms with van der Waals surface area (Å²) >= 11 is 0. The quantitative estimate of drug-likeness (QED) is 0.669. The topological polar surface area (TPSA) is 20.2 Å². The van der Waals surface area contributed by atoms with E-state index in [1.54, 1.807) is 0 Å². The van der Waals surface area contributed by atoms with Gasteiger partial charge in [0.1, 0.15) is 0 Å². The van der Waals surface area contributed by atoms with Crippen LogP contribution in [-0.2, 0) is 0 Å². The van der Waals surface area contributed by atoms with Gasteiger partial charge in [0.05, 0.1) is 6.10 Å². The molecule has 1 rings (SSSR count). The second-order valence-corrected chi connectivity index (χ2v) is 5.24. The van der Waals surface area contributed by atoms with Crippen LogP contribution in [0.2, 0.25) is 0 Å². The molecule has 1 aliphatic carbocycles. The Morgan fingerprint density at radius 2 is 2.07 bits per heavy atom. The Balaban J connectivity index is 2.88. The van der Waals surface area contributed by atoms with E-state index in [-0.39, 0.29) is 17.4 Å². The van der Waals surface area contributed by atoms with Gasteiger partial charge in [0.2, 0.25) is 0 Å². The molecule has 0 aromatic carbocycles. The Morgan fingerprint density at radius 3 is 2.50 bits per heavy atom. The SMILES string of the molecule is C=C[C@@H]1[C@@H](O)C(C)(C)CC[C@H]1C(=C)C. The van der Waals surface area contributed by atoms with Crippen molar-refractivity contribution >= 4 is 0 Å². The average molecular weight is 194 g/mol. The molecule has 0 heterocycles. The maximum absolute atomic E-state index is 10.2. The first-order valence-corrected chi connectivity index (χ1v) is 5.36. The third-order valence-electron chi connectivity index (χ3n) is 3.63. The first kappa shape index (κ1) is 11.5. The van der Waals surface area contributed by atoms with Gasteiger partial charge in [-0.05, 0) is 31.1 Å². The van der Waals surface area contributed by atoms with Gasteiger partial charge in [0.15, 0.2) is 0 Å². The molecule has 0 aromatic rings. The lowest BCUT2D eigenvalue weighted by Gasteiger charge is -2.44. The van der Waals surface area contributed by atoms with Gasteiger partial charge in [-0.2, -0.15) is 0 Å². The molecule has 0 aromatic heterocycles. The highest BCUT2D eigenvalue weighted by molar-refractivity contribution is 5.10. The largest absolute Gasteiger partial charge is 0.392 e. The first-order chi connectivity index (χ1) is 6.40. The van der Waals surface area contributed by atoms with E-state index in [1.165, 1.54) is 5.57 Å². The number of aliphatic hydroxyl groups excluding tert-OH is 1. The van der Waals surface area contributed by atoms with Gasteiger partial charge < -0.3 is 5.11 Å². The zero-order chi connectivity index (χ0) is 10.9. The van der Waals surface area contributed by atoms with Crippen molar-refractivity contribution in [1.82, 2.24) is 0 Å². The highest BCUT2D eigenvalue weighted by atomic mass is 16.3. The molecule has 0 bridgehead atoms. The second kappa shape index (κ2) is 3.90. The lowest BCUT2D eigenvalue weighted by molar-refractivity contribution is -0.0336. The maximum atomic E-state index is 10.2. The van der Waals surface area contributed by atoms with E-state index in [2.05, 4.69) is 27.0 Å². The van der Waals surface area contributed by atoms with Crippen molar-refractivity contribution in [3.63, 3.8) is 0 Å². The summed E-state index contributed by atoms with van der Waals surface area (Å²) < 4.78 is 0. The molecule has 80 valence electrons. The van der Waals surface area contributed by atoms with Crippen LogP contribution in [0.4, 0.5) is 0 Å². The Kier molecular flexibility index (Phi) is 3.20. The molecule has 1 nitrogen and oxygen atoms in total. The van der Waals surface area contributed by atoms with Crippen molar-refractivity contribution in [2.24, 2.45) is 17.3 Å². The molecule has 1 aliphatic rings. The van der Waals surface area contributed by atoms with E-state index in [4.69, 9.17) is 0 Å². The molecule has 0 aliphatic heterocycles. The van der Waals surface area contributed by atoms with E-state index < -0.39 is 0 Å². The molecule has 0 spiro atoms. The minimum Gasteiger partial charge on any atom is -0.392 e. The summed E-state index contributed by atoms with van der Waals surface area (Å²) in [5.74, 6) is 0.590. The average Bonchev–Trinajstić information content (AvgIpc) is 2.09. The fraction of sp³-hybridized carbons (Fsp3) is 0.692. The van der Waals surface area contributed by atoms with Gasteiger partial charge in [-0.1, -0.05) is 32.1 Å². The van der Waals surface area contributed by atoms with Crippen LogP contribution in [0.5, 0.6) is 0 Å². The maximum Gasteiger partial charge on any atom is 0.0659 e. The molecule has 0 radical (unpaired) electrons. The third kappa shape index (κ3) is 1.93. The van der Waals surface area contributed by atoms with Crippen molar-refractivity contribution in [2.45, 2.75) is 39.7 Å². The Labute approximate surface area is 87.5 Å². The molecule has 0 saturated heterocycles. The van der Waals surface area contributed by atoms with Crippen LogP contribution < -0.4 is 0 Å². The van der Waals surface area contributed by atoms with Crippen LogP contribution >= 0.6 is 0 Å². The zero-order valence-corrected chi connectivity index (χ0v) is 9.59. The Hall–Kier alpha value is -0.560. The molecule has 1 N–H and O–H groups in total. The number of rotatable bonds is 2. The lowest BCUT2D eigenvalue weighted by atomic mass is 9.63. The van der Waals surface area contributed by atoms with Crippen molar-refractivity contribution in [2.75, 3.05) is 0 Å². The van der Waals surface area contributed by atoms with E-state index >= 15 is 0 Å². The normalized spacial score (nSPS) is 36.4. The van der Waals surface area contributed by atoms with Crippen LogP contribution in [0.3, 0.4) is 0 Å². The van der Waals surface area contributed by atoms with E-state index in [0.717, 1.165) is 12.8 Å². The van der Waals surface area contributed by atoms with Gasteiger partial charge in [-0.3, -0.25) is 0 Å². The monoisotopic (exact) mass is 194 g/mol. The summed E-state index contributed by atoms with van der Waals surface area (Å²) in [5.41, 5.74) is 1.19. The molecule has 14 heavy (non-hydrogen) atoms. The van der Waals surface area contributed by atoms with Crippen LogP contribution in [0.25, 0.3) is 0 Å². The predicted molar refractivity (Wildman–Crippen MR) is 61.0 cm³/mol. The fourth-order valence-electron chi connectivity index (χ4n) is 2.48. The minimum absolute atomic E-state index is 0.0187. The van der Waals surface area contributed by atoms with Crippen LogP contribution in [0.15, 0.2) is 24.8 Å². The molecule has 0 amide bonds. The molecule has 1 heteroatoms. The smallest absolute Gasteiger partial charge is 0.0659 e. The number of hydrogen-bond acceptors (Lipinski definition) is 1. The molecule has 1 saturated carbocycles. The van der Waals surface area contributed by atoms with E-state index in [1.807, 2.05) is 13.0 Å². The van der Waals surface area contributed by atoms with Gasteiger partial charge in [0.25, 0.3) is 0 Å². The second-order valence-electron chi connectivity index (χ2n) is 5.24. The van der Waals surface area contributed by atoms with Gasteiger partial charge >= 0.3 is 0 Å². The number of aliphatic hydroxyl groups is 1. The van der Waals surface area contributed by atoms with Gasteiger partial charge in [0, 0.05) is 5.92 Å². The highest BCUT2D eigenvalue weighted by Gasteiger charge is 2.41. The van der Waals surface area contributed by atoms with Crippen molar-refractivity contribution in [1.29, 1.82) is 0 Å². The number of hydrogen-bond donors (Lipinski definition) is 1. The summed E-state index contributed by atoms with van der Waals surface area (Å²) in [6.45, 7) is 14.1. The zero-order valence-electron chi connectivity index (χ0n) is 9.59. The molecule has 1 fully saturated rings. The van der Waals surface area contributed by atoms with E-state index in [9.17, 15) is 5.11 Å². The molecule has 0 unspecified atom stereocenters. The summed E-state index contributed by atoms with van der Waals surface area (Å²) in [6, 6.07) is 0. The fourth-order valence-corrected chi connectivity index (χ4v) is 2.48. The summed E-state index contributed by atoms with van der Waals surface area (Å²) in [4.78, 5) is 0. The van der Waals surface area contributed by atoms with Crippen molar-refractivity contribution in [3.05, 3.63) is 24.8 Å². The standard InChI is InChI=1S/C13H22O/c1-6-10-11(9(2)3)7-8-13(4,5)12(10)14/h6,10-12,14H,1-2,7-8H2,3-5H3/t10-,11-,12+/m0/s1. The minimum atomic E-state index is -0.282.